The second-order valence-corrected chi connectivity index (χ2v) is 5.61. The highest BCUT2D eigenvalue weighted by Gasteiger charge is 2.13. The summed E-state index contributed by atoms with van der Waals surface area (Å²) in [7, 11) is 1.59. The Morgan fingerprint density at radius 3 is 1.96 bits per heavy atom. The van der Waals surface area contributed by atoms with Crippen LogP contribution < -0.4 is 14.8 Å². The molecule has 27 heavy (non-hydrogen) atoms. The maximum absolute atomic E-state index is 12.4. The summed E-state index contributed by atoms with van der Waals surface area (Å²) < 4.78 is 10.8. The van der Waals surface area contributed by atoms with Crippen LogP contribution >= 0.6 is 0 Å². The molecule has 0 radical (unpaired) electrons. The number of aromatic carboxylic acids is 1. The van der Waals surface area contributed by atoms with Crippen molar-refractivity contribution in [3.63, 3.8) is 0 Å². The van der Waals surface area contributed by atoms with Crippen molar-refractivity contribution in [2.45, 2.75) is 0 Å². The third-order valence-corrected chi connectivity index (χ3v) is 3.82. The molecule has 3 aromatic carbocycles. The van der Waals surface area contributed by atoms with Gasteiger partial charge in [-0.15, -0.1) is 0 Å². The summed E-state index contributed by atoms with van der Waals surface area (Å²) in [5.41, 5.74) is 0.663. The molecule has 0 aromatic heterocycles. The number of anilines is 1. The summed E-state index contributed by atoms with van der Waals surface area (Å²) >= 11 is 0. The van der Waals surface area contributed by atoms with Crippen molar-refractivity contribution in [2.75, 3.05) is 12.4 Å². The average Bonchev–Trinajstić information content (AvgIpc) is 2.69. The molecule has 3 rings (SSSR count). The zero-order valence-corrected chi connectivity index (χ0v) is 14.5. The molecule has 0 aliphatic heterocycles. The Morgan fingerprint density at radius 2 is 1.37 bits per heavy atom. The largest absolute Gasteiger partial charge is 0.497 e. The molecule has 6 heteroatoms. The first kappa shape index (κ1) is 18.0. The van der Waals surface area contributed by atoms with E-state index in [-0.39, 0.29) is 11.3 Å². The van der Waals surface area contributed by atoms with E-state index >= 15 is 0 Å². The molecule has 2 N–H and O–H groups in total. The molecule has 0 spiro atoms. The van der Waals surface area contributed by atoms with Gasteiger partial charge in [-0.2, -0.15) is 0 Å². The monoisotopic (exact) mass is 363 g/mol. The van der Waals surface area contributed by atoms with E-state index in [0.29, 0.717) is 17.1 Å². The standard InChI is InChI=1S/C21H17NO5/c1-26-15-10-12-17(13-11-15)27-16-8-6-14(7-9-16)20(23)22-19-5-3-2-4-18(19)21(24)25/h2-13H,1H3,(H,22,23)(H,24,25). The third kappa shape index (κ3) is 4.43. The minimum absolute atomic E-state index is 0.0327. The zero-order chi connectivity index (χ0) is 19.2. The molecular formula is C21H17NO5. The highest BCUT2D eigenvalue weighted by Crippen LogP contribution is 2.24. The van der Waals surface area contributed by atoms with Crippen molar-refractivity contribution in [1.29, 1.82) is 0 Å². The highest BCUT2D eigenvalue weighted by atomic mass is 16.5. The first-order valence-electron chi connectivity index (χ1n) is 8.12. The summed E-state index contributed by atoms with van der Waals surface area (Å²) in [5, 5.41) is 11.8. The number of rotatable bonds is 6. The minimum Gasteiger partial charge on any atom is -0.497 e. The molecule has 0 unspecified atom stereocenters. The quantitative estimate of drug-likeness (QED) is 0.676. The van der Waals surface area contributed by atoms with E-state index in [4.69, 9.17) is 9.47 Å². The lowest BCUT2D eigenvalue weighted by Crippen LogP contribution is -2.14. The molecule has 3 aromatic rings. The van der Waals surface area contributed by atoms with Crippen LogP contribution in [0.4, 0.5) is 5.69 Å². The number of nitrogens with one attached hydrogen (secondary N) is 1. The smallest absolute Gasteiger partial charge is 0.337 e. The van der Waals surface area contributed by atoms with Gasteiger partial charge in [0.1, 0.15) is 17.2 Å². The van der Waals surface area contributed by atoms with Crippen LogP contribution in [0.1, 0.15) is 20.7 Å². The number of para-hydroxylation sites is 1. The van der Waals surface area contributed by atoms with Crippen LogP contribution in [0.15, 0.2) is 72.8 Å². The van der Waals surface area contributed by atoms with Crippen molar-refractivity contribution < 1.29 is 24.2 Å². The molecule has 1 amide bonds. The number of hydrogen-bond donors (Lipinski definition) is 2. The van der Waals surface area contributed by atoms with Crippen LogP contribution in [0.3, 0.4) is 0 Å². The Balaban J connectivity index is 1.69. The van der Waals surface area contributed by atoms with Gasteiger partial charge < -0.3 is 19.9 Å². The van der Waals surface area contributed by atoms with Crippen LogP contribution in [-0.2, 0) is 0 Å². The Labute approximate surface area is 156 Å². The van der Waals surface area contributed by atoms with Gasteiger partial charge in [0, 0.05) is 5.56 Å². The number of carboxylic acid groups (broad SMARTS) is 1. The number of amides is 1. The molecule has 0 bridgehead atoms. The molecule has 0 atom stereocenters. The lowest BCUT2D eigenvalue weighted by atomic mass is 10.1. The second-order valence-electron chi connectivity index (χ2n) is 5.61. The van der Waals surface area contributed by atoms with E-state index in [0.717, 1.165) is 5.75 Å². The van der Waals surface area contributed by atoms with Gasteiger partial charge in [-0.1, -0.05) is 12.1 Å². The van der Waals surface area contributed by atoms with Gasteiger partial charge >= 0.3 is 5.97 Å². The fourth-order valence-electron chi connectivity index (χ4n) is 2.43. The molecule has 0 fully saturated rings. The van der Waals surface area contributed by atoms with Gasteiger partial charge in [0.05, 0.1) is 18.4 Å². The molecule has 0 aliphatic rings. The lowest BCUT2D eigenvalue weighted by molar-refractivity contribution is 0.0698. The van der Waals surface area contributed by atoms with E-state index in [1.54, 1.807) is 73.8 Å². The van der Waals surface area contributed by atoms with Gasteiger partial charge in [0.2, 0.25) is 0 Å². The minimum atomic E-state index is -1.10. The van der Waals surface area contributed by atoms with Gasteiger partial charge in [0.25, 0.3) is 5.91 Å². The fraction of sp³-hybridized carbons (Fsp3) is 0.0476. The van der Waals surface area contributed by atoms with E-state index in [1.165, 1.54) is 6.07 Å². The molecule has 0 saturated heterocycles. The number of benzene rings is 3. The van der Waals surface area contributed by atoms with E-state index in [2.05, 4.69) is 5.32 Å². The Kier molecular flexibility index (Phi) is 5.37. The summed E-state index contributed by atoms with van der Waals surface area (Å²) in [4.78, 5) is 23.6. The number of hydrogen-bond acceptors (Lipinski definition) is 4. The summed E-state index contributed by atoms with van der Waals surface area (Å²) in [6.07, 6.45) is 0. The van der Waals surface area contributed by atoms with Crippen molar-refractivity contribution >= 4 is 17.6 Å². The summed E-state index contributed by atoms with van der Waals surface area (Å²) in [6.45, 7) is 0. The van der Waals surface area contributed by atoms with Gasteiger partial charge in [-0.25, -0.2) is 4.79 Å². The molecular weight excluding hydrogens is 346 g/mol. The van der Waals surface area contributed by atoms with Crippen LogP contribution in [0, 0.1) is 0 Å². The van der Waals surface area contributed by atoms with Crippen molar-refractivity contribution in [3.8, 4) is 17.2 Å². The molecule has 0 saturated carbocycles. The van der Waals surface area contributed by atoms with Crippen molar-refractivity contribution in [3.05, 3.63) is 83.9 Å². The number of methoxy groups -OCH3 is 1. The third-order valence-electron chi connectivity index (χ3n) is 3.82. The maximum Gasteiger partial charge on any atom is 0.337 e. The van der Waals surface area contributed by atoms with Crippen molar-refractivity contribution in [2.24, 2.45) is 0 Å². The SMILES string of the molecule is COc1ccc(Oc2ccc(C(=O)Nc3ccccc3C(=O)O)cc2)cc1. The molecule has 136 valence electrons. The molecule has 0 heterocycles. The van der Waals surface area contributed by atoms with Crippen LogP contribution in [0.5, 0.6) is 17.2 Å². The summed E-state index contributed by atoms with van der Waals surface area (Å²) in [5.74, 6) is 0.441. The van der Waals surface area contributed by atoms with Gasteiger partial charge in [0.15, 0.2) is 0 Å². The Bertz CT molecular complexity index is 949. The normalized spacial score (nSPS) is 10.1. The van der Waals surface area contributed by atoms with Crippen LogP contribution in [-0.4, -0.2) is 24.1 Å². The molecule has 0 aliphatic carbocycles. The van der Waals surface area contributed by atoms with E-state index in [9.17, 15) is 14.7 Å². The zero-order valence-electron chi connectivity index (χ0n) is 14.5. The Hall–Kier alpha value is -3.80. The van der Waals surface area contributed by atoms with Crippen molar-refractivity contribution in [1.82, 2.24) is 0 Å². The molecule has 6 nitrogen and oxygen atoms in total. The number of ether oxygens (including phenoxy) is 2. The topological polar surface area (TPSA) is 84.9 Å². The number of carboxylic acids is 1. The first-order valence-corrected chi connectivity index (χ1v) is 8.12. The second kappa shape index (κ2) is 8.05. The van der Waals surface area contributed by atoms with E-state index in [1.807, 2.05) is 0 Å². The van der Waals surface area contributed by atoms with E-state index < -0.39 is 11.9 Å². The van der Waals surface area contributed by atoms with Gasteiger partial charge in [-0.3, -0.25) is 4.79 Å². The van der Waals surface area contributed by atoms with Gasteiger partial charge in [-0.05, 0) is 60.7 Å². The van der Waals surface area contributed by atoms with Crippen LogP contribution in [0.25, 0.3) is 0 Å². The number of carbonyl (C=O) groups is 2. The Morgan fingerprint density at radius 1 is 0.815 bits per heavy atom. The predicted molar refractivity (Wildman–Crippen MR) is 101 cm³/mol. The average molecular weight is 363 g/mol. The first-order chi connectivity index (χ1) is 13.1. The number of carbonyl (C=O) groups excluding carboxylic acids is 1. The maximum atomic E-state index is 12.4. The lowest BCUT2D eigenvalue weighted by Gasteiger charge is -2.09. The predicted octanol–water partition coefficient (Wildman–Crippen LogP) is 4.44. The fourth-order valence-corrected chi connectivity index (χ4v) is 2.43. The highest BCUT2D eigenvalue weighted by molar-refractivity contribution is 6.07. The summed E-state index contributed by atoms with van der Waals surface area (Å²) in [6, 6.07) is 19.9. The van der Waals surface area contributed by atoms with Crippen LogP contribution in [0.2, 0.25) is 0 Å².